The number of nitrogens with zero attached hydrogens (tertiary/aromatic N) is 3. The normalized spacial score (nSPS) is 27.4. The average molecular weight is 917 g/mol. The first kappa shape index (κ1) is 46.8. The summed E-state index contributed by atoms with van der Waals surface area (Å²) >= 11 is 0. The van der Waals surface area contributed by atoms with Gasteiger partial charge < -0.3 is 35.0 Å². The van der Waals surface area contributed by atoms with Crippen molar-refractivity contribution in [2.45, 2.75) is 157 Å². The summed E-state index contributed by atoms with van der Waals surface area (Å²) in [6.45, 7) is 5.18. The molecule has 65 heavy (non-hydrogen) atoms. The third-order valence-electron chi connectivity index (χ3n) is 14.6. The lowest BCUT2D eigenvalue weighted by Crippen LogP contribution is -2.70. The van der Waals surface area contributed by atoms with Crippen LogP contribution < -0.4 is 24.8 Å². The van der Waals surface area contributed by atoms with Gasteiger partial charge in [-0.25, -0.2) is 18.2 Å². The number of allylic oxidation sites excluding steroid dienone is 2. The van der Waals surface area contributed by atoms with Gasteiger partial charge in [0.05, 0.1) is 29.0 Å². The van der Waals surface area contributed by atoms with Crippen molar-refractivity contribution in [3.63, 3.8) is 0 Å². The maximum atomic E-state index is 14.8. The number of benzene rings is 1. The number of hydrogen-bond donors (Lipinski definition) is 4. The lowest BCUT2D eigenvalue weighted by molar-refractivity contribution is -0.144. The van der Waals surface area contributed by atoms with Crippen molar-refractivity contribution in [2.75, 3.05) is 32.8 Å². The Balaban J connectivity index is 1.10. The predicted molar refractivity (Wildman–Crippen MR) is 248 cm³/mol. The van der Waals surface area contributed by atoms with Gasteiger partial charge in [-0.05, 0) is 121 Å². The molecule has 0 spiro atoms. The van der Waals surface area contributed by atoms with Gasteiger partial charge in [-0.15, -0.1) is 0 Å². The van der Waals surface area contributed by atoms with Crippen LogP contribution in [0, 0.1) is 11.8 Å². The first-order valence-corrected chi connectivity index (χ1v) is 25.8. The number of carbonyl (C=O) groups is 4. The fraction of sp³-hybridized carbons (Fsp3) is 0.653. The molecule has 4 N–H and O–H groups in total. The number of carbonyl (C=O) groups excluding carboxylic acids is 3. The van der Waals surface area contributed by atoms with E-state index in [0.29, 0.717) is 61.4 Å². The number of para-hydroxylation sites is 1. The number of unbranched alkanes of at least 4 members (excludes halogenated alkanes) is 1. The number of rotatable bonds is 16. The van der Waals surface area contributed by atoms with E-state index in [4.69, 9.17) is 14.5 Å². The molecule has 0 bridgehead atoms. The van der Waals surface area contributed by atoms with Crippen LogP contribution in [0.15, 0.2) is 42.5 Å². The Morgan fingerprint density at radius 2 is 1.78 bits per heavy atom. The number of carboxylic acid groups (broad SMARTS) is 1. The molecule has 3 aliphatic carbocycles. The van der Waals surface area contributed by atoms with E-state index in [1.165, 1.54) is 43.4 Å². The molecule has 0 radical (unpaired) electrons. The fourth-order valence-electron chi connectivity index (χ4n) is 9.97. The summed E-state index contributed by atoms with van der Waals surface area (Å²) < 4.78 is 41.5. The molecule has 6 aliphatic rings. The Morgan fingerprint density at radius 3 is 2.52 bits per heavy atom. The van der Waals surface area contributed by atoms with Crippen LogP contribution in [0.4, 0.5) is 4.79 Å². The molecule has 3 aliphatic heterocycles. The molecule has 1 aromatic carbocycles. The molecule has 5 unspecified atom stereocenters. The number of piperidine rings is 1. The van der Waals surface area contributed by atoms with Gasteiger partial charge in [0.15, 0.2) is 0 Å². The van der Waals surface area contributed by atoms with E-state index in [0.717, 1.165) is 63.0 Å². The van der Waals surface area contributed by atoms with Gasteiger partial charge in [-0.3, -0.25) is 19.1 Å². The van der Waals surface area contributed by atoms with E-state index in [9.17, 15) is 32.7 Å². The number of fused-ring (bicyclic) bond motifs is 3. The molecule has 4 heterocycles. The number of likely N-dealkylation sites (tertiary alicyclic amines) is 1. The SMILES string of the molecule is CC1(S(=O)(=O)NC(=O)C23CCC2C=CCCCCCC(NC(=O)O)C(=O)N2CC(Oc4nc5ccccc5c(OCCCN5CCCCC5)c4C=CCCCC4CC4)CC2C(=O)N3)CC1. The van der Waals surface area contributed by atoms with Gasteiger partial charge in [0.25, 0.3) is 5.91 Å². The Kier molecular flexibility index (Phi) is 14.7. The summed E-state index contributed by atoms with van der Waals surface area (Å²) in [6, 6.07) is 5.46. The highest BCUT2D eigenvalue weighted by Gasteiger charge is 2.58. The largest absolute Gasteiger partial charge is 0.492 e. The van der Waals surface area contributed by atoms with Crippen LogP contribution in [0.25, 0.3) is 17.0 Å². The molecule has 2 saturated heterocycles. The number of ether oxygens (including phenoxy) is 2. The summed E-state index contributed by atoms with van der Waals surface area (Å²) in [5.74, 6) is -0.711. The number of amides is 4. The molecule has 5 atom stereocenters. The molecule has 15 nitrogen and oxygen atoms in total. The maximum Gasteiger partial charge on any atom is 0.405 e. The van der Waals surface area contributed by atoms with E-state index >= 15 is 0 Å². The summed E-state index contributed by atoms with van der Waals surface area (Å²) in [6.07, 6.45) is 20.7. The molecular formula is C49H68N6O9S. The van der Waals surface area contributed by atoms with E-state index in [-0.39, 0.29) is 25.8 Å². The topological polar surface area (TPSA) is 197 Å². The Hall–Kier alpha value is -4.70. The van der Waals surface area contributed by atoms with Crippen molar-refractivity contribution < 1.29 is 42.2 Å². The minimum Gasteiger partial charge on any atom is -0.492 e. The zero-order chi connectivity index (χ0) is 45.6. The number of pyridine rings is 1. The zero-order valence-corrected chi connectivity index (χ0v) is 38.8. The Bertz CT molecular complexity index is 2240. The van der Waals surface area contributed by atoms with Crippen molar-refractivity contribution in [2.24, 2.45) is 11.8 Å². The van der Waals surface area contributed by atoms with Crippen molar-refractivity contribution in [1.82, 2.24) is 30.1 Å². The van der Waals surface area contributed by atoms with Crippen molar-refractivity contribution >= 4 is 50.8 Å². The van der Waals surface area contributed by atoms with Crippen LogP contribution in [-0.2, 0) is 24.4 Å². The third kappa shape index (κ3) is 11.1. The summed E-state index contributed by atoms with van der Waals surface area (Å²) in [5, 5.41) is 16.1. The average Bonchev–Trinajstić information content (AvgIpc) is 4.22. The van der Waals surface area contributed by atoms with Crippen molar-refractivity contribution in [3.05, 3.63) is 48.1 Å². The number of hydrogen-bond acceptors (Lipinski definition) is 10. The molecular weight excluding hydrogens is 849 g/mol. The molecule has 4 amide bonds. The van der Waals surface area contributed by atoms with Crippen molar-refractivity contribution in [3.8, 4) is 11.6 Å². The molecule has 1 aromatic heterocycles. The fourth-order valence-corrected chi connectivity index (χ4v) is 11.3. The number of aromatic nitrogens is 1. The molecule has 8 rings (SSSR count). The zero-order valence-electron chi connectivity index (χ0n) is 37.9. The van der Waals surface area contributed by atoms with Crippen LogP contribution in [0.3, 0.4) is 0 Å². The first-order chi connectivity index (χ1) is 31.4. The Labute approximate surface area is 383 Å². The maximum absolute atomic E-state index is 14.8. The molecule has 2 aromatic rings. The van der Waals surface area contributed by atoms with Gasteiger partial charge in [0, 0.05) is 24.3 Å². The predicted octanol–water partition coefficient (Wildman–Crippen LogP) is 6.85. The first-order valence-electron chi connectivity index (χ1n) is 24.3. The lowest BCUT2D eigenvalue weighted by atomic mass is 9.65. The standard InChI is InChI=1S/C49H68N6O9S/c1-48(26-27-48)65(61,62)53-46(58)49-25-24-35(49)17-8-3-2-4-10-21-40(51-47(59)60)45(57)55-33-36(32-41(55)43(56)52-49)64-44-38(19-9-5-7-16-34-22-23-34)42(37-18-11-12-20-39(37)50-44)63-31-15-30-54-28-13-6-14-29-54/h8-9,11-12,17-20,34-36,40-41,51H,2-7,10,13-16,21-33H2,1H3,(H,52,56)(H,53,58)(H,59,60). The molecule has 16 heteroatoms. The highest BCUT2D eigenvalue weighted by molar-refractivity contribution is 7.91. The third-order valence-corrected chi connectivity index (χ3v) is 16.8. The minimum atomic E-state index is -4.03. The number of nitrogens with one attached hydrogen (secondary N) is 3. The minimum absolute atomic E-state index is 0.0109. The highest BCUT2D eigenvalue weighted by atomic mass is 32.2. The van der Waals surface area contributed by atoms with Crippen LogP contribution in [0.5, 0.6) is 11.6 Å². The second-order valence-corrected chi connectivity index (χ2v) is 21.8. The monoisotopic (exact) mass is 916 g/mol. The van der Waals surface area contributed by atoms with Gasteiger partial charge >= 0.3 is 6.09 Å². The molecule has 5 fully saturated rings. The second-order valence-electron chi connectivity index (χ2n) is 19.6. The van der Waals surface area contributed by atoms with E-state index in [2.05, 4.69) is 26.3 Å². The second kappa shape index (κ2) is 20.4. The van der Waals surface area contributed by atoms with E-state index < -0.39 is 68.2 Å². The number of sulfonamides is 1. The molecule has 3 saturated carbocycles. The van der Waals surface area contributed by atoms with Crippen LogP contribution in [-0.4, -0.2) is 113 Å². The van der Waals surface area contributed by atoms with E-state index in [1.54, 1.807) is 6.92 Å². The smallest absolute Gasteiger partial charge is 0.405 e. The van der Waals surface area contributed by atoms with Crippen LogP contribution in [0.1, 0.15) is 134 Å². The van der Waals surface area contributed by atoms with Gasteiger partial charge in [0.1, 0.15) is 29.5 Å². The van der Waals surface area contributed by atoms with Gasteiger partial charge in [-0.2, -0.15) is 0 Å². The van der Waals surface area contributed by atoms with Gasteiger partial charge in [0.2, 0.25) is 27.7 Å². The highest BCUT2D eigenvalue weighted by Crippen LogP contribution is 2.45. The van der Waals surface area contributed by atoms with Crippen molar-refractivity contribution in [1.29, 1.82) is 0 Å². The summed E-state index contributed by atoms with van der Waals surface area (Å²) in [7, 11) is -4.03. The molecule has 354 valence electrons. The Morgan fingerprint density at radius 1 is 1.00 bits per heavy atom. The quantitative estimate of drug-likeness (QED) is 0.102. The summed E-state index contributed by atoms with van der Waals surface area (Å²) in [5.41, 5.74) is -0.237. The van der Waals surface area contributed by atoms with E-state index in [1.807, 2.05) is 42.5 Å². The van der Waals surface area contributed by atoms with Gasteiger partial charge in [-0.1, -0.05) is 68.9 Å². The van der Waals surface area contributed by atoms with Crippen LogP contribution >= 0.6 is 0 Å². The lowest BCUT2D eigenvalue weighted by Gasteiger charge is -2.47. The summed E-state index contributed by atoms with van der Waals surface area (Å²) in [4.78, 5) is 64.5. The van der Waals surface area contributed by atoms with Crippen LogP contribution in [0.2, 0.25) is 0 Å².